The van der Waals surface area contributed by atoms with Gasteiger partial charge in [0.05, 0.1) is 22.6 Å². The SMILES string of the molecule is N=C1/C(=C/c2ccc(SCc3ccco3)o2)C(=O)N=C2SC(c3ccccc3Cl)=NN12. The predicted octanol–water partition coefficient (Wildman–Crippen LogP) is 5.49. The number of hydrazone groups is 1. The van der Waals surface area contributed by atoms with Crippen LogP contribution in [0.4, 0.5) is 0 Å². The molecule has 3 aromatic rings. The standard InChI is InChI=1S/C21H13ClN4O3S2/c22-16-6-2-1-5-14(16)20-25-26-18(23)15(19(27)24-21(26)31-20)10-12-7-8-17(29-12)30-11-13-4-3-9-28-13/h1-10,23H,11H2/b15-10-,23-18?. The molecule has 1 N–H and O–H groups in total. The summed E-state index contributed by atoms with van der Waals surface area (Å²) in [6.07, 6.45) is 3.13. The Morgan fingerprint density at radius 2 is 2.06 bits per heavy atom. The van der Waals surface area contributed by atoms with Crippen LogP contribution in [0.5, 0.6) is 0 Å². The van der Waals surface area contributed by atoms with Crippen molar-refractivity contribution in [3.8, 4) is 0 Å². The van der Waals surface area contributed by atoms with E-state index in [1.165, 1.54) is 34.6 Å². The van der Waals surface area contributed by atoms with Crippen LogP contribution >= 0.6 is 35.1 Å². The highest BCUT2D eigenvalue weighted by atomic mass is 35.5. The molecule has 31 heavy (non-hydrogen) atoms. The highest BCUT2D eigenvalue weighted by molar-refractivity contribution is 8.27. The molecule has 1 aromatic carbocycles. The number of furan rings is 2. The second-order valence-corrected chi connectivity index (χ2v) is 8.77. The van der Waals surface area contributed by atoms with Gasteiger partial charge < -0.3 is 8.83 Å². The zero-order valence-electron chi connectivity index (χ0n) is 15.7. The first-order valence-electron chi connectivity index (χ1n) is 9.08. The van der Waals surface area contributed by atoms with Gasteiger partial charge in [-0.25, -0.2) is 0 Å². The Morgan fingerprint density at radius 3 is 2.87 bits per heavy atom. The van der Waals surface area contributed by atoms with E-state index in [0.29, 0.717) is 31.8 Å². The molecule has 5 rings (SSSR count). The smallest absolute Gasteiger partial charge is 0.283 e. The minimum atomic E-state index is -0.513. The molecule has 0 unspecified atom stereocenters. The summed E-state index contributed by atoms with van der Waals surface area (Å²) in [5.74, 6) is 1.34. The second-order valence-electron chi connectivity index (χ2n) is 6.43. The van der Waals surface area contributed by atoms with Gasteiger partial charge in [0, 0.05) is 5.56 Å². The van der Waals surface area contributed by atoms with Gasteiger partial charge in [-0.3, -0.25) is 10.2 Å². The Bertz CT molecular complexity index is 1280. The molecule has 0 bridgehead atoms. The first-order valence-corrected chi connectivity index (χ1v) is 11.3. The third kappa shape index (κ3) is 3.99. The number of amidine groups is 2. The zero-order chi connectivity index (χ0) is 21.4. The Morgan fingerprint density at radius 1 is 1.19 bits per heavy atom. The molecule has 0 atom stereocenters. The van der Waals surface area contributed by atoms with Gasteiger partial charge in [0.15, 0.2) is 10.9 Å². The number of hydrogen-bond donors (Lipinski definition) is 1. The van der Waals surface area contributed by atoms with Crippen LogP contribution in [0.25, 0.3) is 6.08 Å². The Labute approximate surface area is 190 Å². The molecule has 1 amide bonds. The third-order valence-electron chi connectivity index (χ3n) is 4.38. The minimum Gasteiger partial charge on any atom is -0.468 e. The summed E-state index contributed by atoms with van der Waals surface area (Å²) in [5, 5.41) is 16.4. The van der Waals surface area contributed by atoms with Crippen molar-refractivity contribution >= 4 is 63.2 Å². The highest BCUT2D eigenvalue weighted by Crippen LogP contribution is 2.33. The van der Waals surface area contributed by atoms with Gasteiger partial charge in [-0.2, -0.15) is 15.1 Å². The van der Waals surface area contributed by atoms with Crippen molar-refractivity contribution in [2.75, 3.05) is 0 Å². The fraction of sp³-hybridized carbons (Fsp3) is 0.0476. The van der Waals surface area contributed by atoms with Crippen LogP contribution in [0.15, 0.2) is 84.4 Å². The summed E-state index contributed by atoms with van der Waals surface area (Å²) in [6.45, 7) is 0. The summed E-state index contributed by atoms with van der Waals surface area (Å²) in [5.41, 5.74) is 0.826. The maximum absolute atomic E-state index is 12.6. The van der Waals surface area contributed by atoms with Crippen molar-refractivity contribution in [1.82, 2.24) is 5.01 Å². The van der Waals surface area contributed by atoms with Crippen molar-refractivity contribution < 1.29 is 13.6 Å². The maximum atomic E-state index is 12.6. The average Bonchev–Trinajstić information content (AvgIpc) is 3.51. The normalized spacial score (nSPS) is 17.2. The lowest BCUT2D eigenvalue weighted by Gasteiger charge is -2.19. The van der Waals surface area contributed by atoms with E-state index in [9.17, 15) is 4.79 Å². The molecule has 4 heterocycles. The van der Waals surface area contributed by atoms with E-state index >= 15 is 0 Å². The number of hydrogen-bond acceptors (Lipinski definition) is 7. The van der Waals surface area contributed by atoms with Gasteiger partial charge in [0.25, 0.3) is 5.91 Å². The number of thioether (sulfide) groups is 2. The van der Waals surface area contributed by atoms with Crippen molar-refractivity contribution in [3.63, 3.8) is 0 Å². The molecule has 10 heteroatoms. The van der Waals surface area contributed by atoms with Gasteiger partial charge in [-0.1, -0.05) is 41.6 Å². The number of nitrogens with zero attached hydrogens (tertiary/aromatic N) is 3. The fourth-order valence-corrected chi connectivity index (χ4v) is 4.88. The lowest BCUT2D eigenvalue weighted by Crippen LogP contribution is -2.35. The van der Waals surface area contributed by atoms with E-state index in [1.807, 2.05) is 36.4 Å². The topological polar surface area (TPSA) is 95.2 Å². The second kappa shape index (κ2) is 8.26. The van der Waals surface area contributed by atoms with E-state index < -0.39 is 5.91 Å². The molecule has 0 fully saturated rings. The molecule has 2 aliphatic rings. The van der Waals surface area contributed by atoms with Crippen LogP contribution in [0.2, 0.25) is 5.02 Å². The number of carbonyl (C=O) groups excluding carboxylic acids is 1. The van der Waals surface area contributed by atoms with Gasteiger partial charge >= 0.3 is 0 Å². The molecule has 2 aromatic heterocycles. The molecule has 154 valence electrons. The molecule has 0 aliphatic carbocycles. The maximum Gasteiger partial charge on any atom is 0.283 e. The summed E-state index contributed by atoms with van der Waals surface area (Å²) < 4.78 is 11.1. The first-order chi connectivity index (χ1) is 15.1. The first kappa shape index (κ1) is 19.9. The fourth-order valence-electron chi connectivity index (χ4n) is 2.90. The number of rotatable bonds is 5. The molecule has 7 nitrogen and oxygen atoms in total. The van der Waals surface area contributed by atoms with Gasteiger partial charge in [-0.05, 0) is 48.2 Å². The molecule has 0 spiro atoms. The van der Waals surface area contributed by atoms with Crippen molar-refractivity contribution in [2.24, 2.45) is 10.1 Å². The monoisotopic (exact) mass is 468 g/mol. The van der Waals surface area contributed by atoms with E-state index in [2.05, 4.69) is 10.1 Å². The number of aliphatic imine (C=N–C) groups is 1. The zero-order valence-corrected chi connectivity index (χ0v) is 18.1. The van der Waals surface area contributed by atoms with Crippen molar-refractivity contribution in [3.05, 3.63) is 82.5 Å². The van der Waals surface area contributed by atoms with Gasteiger partial charge in [0.1, 0.15) is 16.6 Å². The Hall–Kier alpha value is -3.01. The van der Waals surface area contributed by atoms with Crippen LogP contribution in [-0.2, 0) is 10.5 Å². The van der Waals surface area contributed by atoms with Gasteiger partial charge in [-0.15, -0.1) is 0 Å². The minimum absolute atomic E-state index is 0.0641. The number of amides is 1. The Balaban J connectivity index is 1.37. The van der Waals surface area contributed by atoms with Crippen LogP contribution in [0, 0.1) is 5.41 Å². The Kier molecular flexibility index (Phi) is 5.31. The molecule has 2 aliphatic heterocycles. The van der Waals surface area contributed by atoms with Crippen LogP contribution in [0.1, 0.15) is 17.1 Å². The van der Waals surface area contributed by atoms with Crippen LogP contribution in [0.3, 0.4) is 0 Å². The van der Waals surface area contributed by atoms with Crippen LogP contribution < -0.4 is 0 Å². The summed E-state index contributed by atoms with van der Waals surface area (Å²) in [4.78, 5) is 16.7. The summed E-state index contributed by atoms with van der Waals surface area (Å²) in [7, 11) is 0. The van der Waals surface area contributed by atoms with Gasteiger partial charge in [0.2, 0.25) is 5.17 Å². The summed E-state index contributed by atoms with van der Waals surface area (Å²) >= 11 is 8.94. The molecule has 0 radical (unpaired) electrons. The lowest BCUT2D eigenvalue weighted by molar-refractivity contribution is -0.114. The molecular formula is C21H13ClN4O3S2. The van der Waals surface area contributed by atoms with E-state index in [1.54, 1.807) is 18.4 Å². The predicted molar refractivity (Wildman–Crippen MR) is 123 cm³/mol. The largest absolute Gasteiger partial charge is 0.468 e. The van der Waals surface area contributed by atoms with Crippen molar-refractivity contribution in [1.29, 1.82) is 5.41 Å². The average molecular weight is 469 g/mol. The van der Waals surface area contributed by atoms with E-state index in [-0.39, 0.29) is 11.4 Å². The third-order valence-corrected chi connectivity index (χ3v) is 6.59. The van der Waals surface area contributed by atoms with E-state index in [0.717, 1.165) is 11.3 Å². The molecular weight excluding hydrogens is 456 g/mol. The number of halogens is 1. The van der Waals surface area contributed by atoms with Crippen molar-refractivity contribution in [2.45, 2.75) is 10.8 Å². The summed E-state index contributed by atoms with van der Waals surface area (Å²) in [6, 6.07) is 14.6. The molecule has 0 saturated heterocycles. The molecule has 0 saturated carbocycles. The highest BCUT2D eigenvalue weighted by Gasteiger charge is 2.36. The number of carbonyl (C=O) groups is 1. The lowest BCUT2D eigenvalue weighted by atomic mass is 10.1. The number of nitrogens with one attached hydrogen (secondary N) is 1. The van der Waals surface area contributed by atoms with Crippen LogP contribution in [-0.4, -0.2) is 27.0 Å². The van der Waals surface area contributed by atoms with E-state index in [4.69, 9.17) is 25.8 Å². The quantitative estimate of drug-likeness (QED) is 0.393. The number of benzene rings is 1. The number of fused-ring (bicyclic) bond motifs is 1.